The number of nitrogens with one attached hydrogen (secondary N) is 1. The highest BCUT2D eigenvalue weighted by atomic mass is 127. The van der Waals surface area contributed by atoms with Crippen molar-refractivity contribution < 1.29 is 9.72 Å². The number of nitrogens with zero attached hydrogens (tertiary/aromatic N) is 3. The lowest BCUT2D eigenvalue weighted by atomic mass is 10.1. The molecule has 0 atom stereocenters. The third-order valence-electron chi connectivity index (χ3n) is 2.20. The molecule has 0 aliphatic carbocycles. The first-order valence-electron chi connectivity index (χ1n) is 4.65. The Balaban J connectivity index is 2.58. The summed E-state index contributed by atoms with van der Waals surface area (Å²) in [5.74, 6) is -0.750. The van der Waals surface area contributed by atoms with Crippen molar-refractivity contribution in [2.24, 2.45) is 5.73 Å². The zero-order chi connectivity index (χ0) is 13.3. The Morgan fingerprint density at radius 3 is 2.78 bits per heavy atom. The van der Waals surface area contributed by atoms with E-state index in [0.717, 1.165) is 0 Å². The van der Waals surface area contributed by atoms with Crippen molar-refractivity contribution in [3.8, 4) is 11.3 Å². The van der Waals surface area contributed by atoms with E-state index in [1.54, 1.807) is 12.1 Å². The number of H-pyrrole nitrogens is 1. The maximum Gasteiger partial charge on any atom is 0.283 e. The molecule has 0 radical (unpaired) electrons. The number of carbonyl (C=O) groups is 1. The lowest BCUT2D eigenvalue weighted by Crippen LogP contribution is -2.12. The van der Waals surface area contributed by atoms with Crippen LogP contribution < -0.4 is 5.73 Å². The van der Waals surface area contributed by atoms with Crippen molar-refractivity contribution in [1.82, 2.24) is 15.4 Å². The van der Waals surface area contributed by atoms with Gasteiger partial charge in [-0.2, -0.15) is 15.4 Å². The molecule has 0 saturated carbocycles. The quantitative estimate of drug-likeness (QED) is 0.482. The minimum Gasteiger partial charge on any atom is -0.364 e. The molecule has 1 aromatic carbocycles. The molecular weight excluding hydrogens is 353 g/mol. The van der Waals surface area contributed by atoms with E-state index < -0.39 is 10.8 Å². The number of nitro benzene ring substituents is 1. The molecule has 1 aromatic heterocycles. The van der Waals surface area contributed by atoms with Crippen LogP contribution in [0.3, 0.4) is 0 Å². The first-order chi connectivity index (χ1) is 8.50. The Kier molecular flexibility index (Phi) is 3.23. The second-order valence-corrected chi connectivity index (χ2v) is 4.47. The molecule has 0 spiro atoms. The van der Waals surface area contributed by atoms with Gasteiger partial charge in [-0.3, -0.25) is 14.9 Å². The van der Waals surface area contributed by atoms with Crippen LogP contribution in [0.4, 0.5) is 5.69 Å². The van der Waals surface area contributed by atoms with E-state index in [-0.39, 0.29) is 17.1 Å². The van der Waals surface area contributed by atoms with E-state index in [1.165, 1.54) is 6.07 Å². The fourth-order valence-corrected chi connectivity index (χ4v) is 1.94. The van der Waals surface area contributed by atoms with Gasteiger partial charge in [0.25, 0.3) is 11.6 Å². The zero-order valence-corrected chi connectivity index (χ0v) is 10.9. The summed E-state index contributed by atoms with van der Waals surface area (Å²) >= 11 is 1.86. The van der Waals surface area contributed by atoms with E-state index >= 15 is 0 Å². The van der Waals surface area contributed by atoms with Gasteiger partial charge in [-0.25, -0.2) is 0 Å². The number of hydrogen-bond donors (Lipinski definition) is 2. The average molecular weight is 359 g/mol. The smallest absolute Gasteiger partial charge is 0.283 e. The number of aromatic amines is 1. The van der Waals surface area contributed by atoms with Crippen molar-refractivity contribution in [1.29, 1.82) is 0 Å². The number of primary amides is 1. The van der Waals surface area contributed by atoms with Crippen LogP contribution in [-0.4, -0.2) is 26.2 Å². The molecule has 1 heterocycles. The molecule has 0 saturated heterocycles. The van der Waals surface area contributed by atoms with Gasteiger partial charge >= 0.3 is 0 Å². The van der Waals surface area contributed by atoms with Gasteiger partial charge in [0.05, 0.1) is 8.49 Å². The van der Waals surface area contributed by atoms with E-state index in [1.807, 2.05) is 22.6 Å². The summed E-state index contributed by atoms with van der Waals surface area (Å²) in [7, 11) is 0. The summed E-state index contributed by atoms with van der Waals surface area (Å²) < 4.78 is 0.491. The summed E-state index contributed by atoms with van der Waals surface area (Å²) in [5.41, 5.74) is 5.62. The predicted molar refractivity (Wildman–Crippen MR) is 69.7 cm³/mol. The molecule has 1 amide bonds. The molecule has 2 rings (SSSR count). The SMILES string of the molecule is NC(=O)c1n[nH]nc1-c1ccc(I)c([N+](=O)[O-])c1. The first-order valence-corrected chi connectivity index (χ1v) is 5.73. The number of carbonyl (C=O) groups excluding carboxylic acids is 1. The average Bonchev–Trinajstić information content (AvgIpc) is 2.78. The number of rotatable bonds is 3. The summed E-state index contributed by atoms with van der Waals surface area (Å²) in [6.45, 7) is 0. The molecule has 0 bridgehead atoms. The summed E-state index contributed by atoms with van der Waals surface area (Å²) in [6.07, 6.45) is 0. The highest BCUT2D eigenvalue weighted by Gasteiger charge is 2.19. The number of nitrogens with two attached hydrogens (primary N) is 1. The van der Waals surface area contributed by atoms with Gasteiger partial charge in [0, 0.05) is 11.6 Å². The monoisotopic (exact) mass is 359 g/mol. The van der Waals surface area contributed by atoms with Crippen LogP contribution in [0.15, 0.2) is 18.2 Å². The Bertz CT molecular complexity index is 639. The van der Waals surface area contributed by atoms with Gasteiger partial charge in [-0.1, -0.05) is 6.07 Å². The number of benzene rings is 1. The van der Waals surface area contributed by atoms with Gasteiger partial charge < -0.3 is 5.73 Å². The van der Waals surface area contributed by atoms with Crippen molar-refractivity contribution >= 4 is 34.2 Å². The Hall–Kier alpha value is -2.04. The molecule has 0 aliphatic rings. The second-order valence-electron chi connectivity index (χ2n) is 3.31. The lowest BCUT2D eigenvalue weighted by molar-refractivity contribution is -0.385. The fraction of sp³-hybridized carbons (Fsp3) is 0. The molecule has 18 heavy (non-hydrogen) atoms. The second kappa shape index (κ2) is 4.68. The maximum absolute atomic E-state index is 11.1. The number of hydrogen-bond acceptors (Lipinski definition) is 5. The Labute approximate surface area is 114 Å². The molecule has 0 fully saturated rings. The molecule has 2 aromatic rings. The minimum atomic E-state index is -0.750. The highest BCUT2D eigenvalue weighted by molar-refractivity contribution is 14.1. The van der Waals surface area contributed by atoms with Crippen LogP contribution >= 0.6 is 22.6 Å². The van der Waals surface area contributed by atoms with E-state index in [4.69, 9.17) is 5.73 Å². The lowest BCUT2D eigenvalue weighted by Gasteiger charge is -2.00. The molecule has 3 N–H and O–H groups in total. The number of aromatic nitrogens is 3. The zero-order valence-electron chi connectivity index (χ0n) is 8.75. The first kappa shape index (κ1) is 12.4. The summed E-state index contributed by atoms with van der Waals surface area (Å²) in [4.78, 5) is 21.4. The fourth-order valence-electron chi connectivity index (χ4n) is 1.40. The van der Waals surface area contributed by atoms with E-state index in [0.29, 0.717) is 9.13 Å². The van der Waals surface area contributed by atoms with E-state index in [2.05, 4.69) is 15.4 Å². The number of halogens is 1. The largest absolute Gasteiger partial charge is 0.364 e. The number of amides is 1. The predicted octanol–water partition coefficient (Wildman–Crippen LogP) is 1.08. The van der Waals surface area contributed by atoms with Crippen LogP contribution in [0.2, 0.25) is 0 Å². The molecule has 92 valence electrons. The third kappa shape index (κ3) is 2.16. The van der Waals surface area contributed by atoms with Crippen LogP contribution in [-0.2, 0) is 0 Å². The van der Waals surface area contributed by atoms with Gasteiger partial charge in [-0.15, -0.1) is 0 Å². The maximum atomic E-state index is 11.1. The van der Waals surface area contributed by atoms with Crippen molar-refractivity contribution in [3.05, 3.63) is 37.6 Å². The molecule has 9 heteroatoms. The van der Waals surface area contributed by atoms with E-state index in [9.17, 15) is 14.9 Å². The van der Waals surface area contributed by atoms with Crippen LogP contribution in [0.25, 0.3) is 11.3 Å². The van der Waals surface area contributed by atoms with Gasteiger partial charge in [-0.05, 0) is 28.7 Å². The van der Waals surface area contributed by atoms with Crippen molar-refractivity contribution in [2.75, 3.05) is 0 Å². The van der Waals surface area contributed by atoms with Gasteiger partial charge in [0.15, 0.2) is 5.69 Å². The normalized spacial score (nSPS) is 10.3. The molecule has 0 aliphatic heterocycles. The van der Waals surface area contributed by atoms with Crippen molar-refractivity contribution in [3.63, 3.8) is 0 Å². The van der Waals surface area contributed by atoms with Crippen molar-refractivity contribution in [2.45, 2.75) is 0 Å². The number of nitro groups is 1. The molecule has 8 nitrogen and oxygen atoms in total. The third-order valence-corrected chi connectivity index (χ3v) is 3.11. The van der Waals surface area contributed by atoms with Crippen LogP contribution in [0, 0.1) is 13.7 Å². The molecule has 0 unspecified atom stereocenters. The van der Waals surface area contributed by atoms with Crippen LogP contribution in [0.1, 0.15) is 10.5 Å². The minimum absolute atomic E-state index is 0.0505. The topological polar surface area (TPSA) is 128 Å². The Morgan fingerprint density at radius 1 is 1.44 bits per heavy atom. The summed E-state index contributed by atoms with van der Waals surface area (Å²) in [5, 5.41) is 20.5. The standard InChI is InChI=1S/C9H6IN5O3/c10-5-2-1-4(3-6(5)15(17)18)7-8(9(11)16)13-14-12-7/h1-3H,(H2,11,16)(H,12,13,14). The highest BCUT2D eigenvalue weighted by Crippen LogP contribution is 2.28. The van der Waals surface area contributed by atoms with Crippen LogP contribution in [0.5, 0.6) is 0 Å². The van der Waals surface area contributed by atoms with Gasteiger partial charge in [0.1, 0.15) is 5.69 Å². The van der Waals surface area contributed by atoms with Gasteiger partial charge in [0.2, 0.25) is 0 Å². The summed E-state index contributed by atoms with van der Waals surface area (Å²) in [6, 6.07) is 4.50. The molecular formula is C9H6IN5O3. The Morgan fingerprint density at radius 2 is 2.17 bits per heavy atom.